The quantitative estimate of drug-likeness (QED) is 0.874. The summed E-state index contributed by atoms with van der Waals surface area (Å²) in [5.41, 5.74) is 1.36. The summed E-state index contributed by atoms with van der Waals surface area (Å²) in [6, 6.07) is 8.06. The maximum Gasteiger partial charge on any atom is 0.232 e. The summed E-state index contributed by atoms with van der Waals surface area (Å²) < 4.78 is 5.42. The van der Waals surface area contributed by atoms with Gasteiger partial charge in [-0.3, -0.25) is 9.59 Å². The van der Waals surface area contributed by atoms with Crippen LogP contribution in [0.25, 0.3) is 0 Å². The number of nitrogens with one attached hydrogen (secondary N) is 1. The van der Waals surface area contributed by atoms with Crippen LogP contribution in [0, 0.1) is 0 Å². The van der Waals surface area contributed by atoms with E-state index in [0.29, 0.717) is 30.6 Å². The van der Waals surface area contributed by atoms with Crippen LogP contribution in [-0.4, -0.2) is 28.5 Å². The predicted octanol–water partition coefficient (Wildman–Crippen LogP) is 3.08. The molecule has 0 saturated carbocycles. The molecular formula is C20H26N4O3. The molecule has 2 aromatic rings. The van der Waals surface area contributed by atoms with Crippen molar-refractivity contribution in [2.24, 2.45) is 0 Å². The second kappa shape index (κ2) is 7.13. The van der Waals surface area contributed by atoms with Crippen molar-refractivity contribution in [3.8, 4) is 0 Å². The molecule has 1 saturated heterocycles. The van der Waals surface area contributed by atoms with Crippen LogP contribution in [0.15, 0.2) is 28.8 Å². The smallest absolute Gasteiger partial charge is 0.232 e. The molecule has 3 rings (SSSR count). The van der Waals surface area contributed by atoms with Crippen LogP contribution in [-0.2, 0) is 15.1 Å². The highest BCUT2D eigenvalue weighted by Gasteiger charge is 2.37. The Morgan fingerprint density at radius 3 is 2.78 bits per heavy atom. The molecule has 144 valence electrons. The molecule has 1 aliphatic heterocycles. The molecular weight excluding hydrogens is 344 g/mol. The fraction of sp³-hybridized carbons (Fsp3) is 0.500. The van der Waals surface area contributed by atoms with Gasteiger partial charge < -0.3 is 14.7 Å². The Kier molecular flexibility index (Phi) is 5.04. The van der Waals surface area contributed by atoms with E-state index in [-0.39, 0.29) is 17.7 Å². The number of aromatic nitrogens is 2. The van der Waals surface area contributed by atoms with Crippen LogP contribution in [0.3, 0.4) is 0 Å². The number of rotatable bonds is 5. The van der Waals surface area contributed by atoms with Gasteiger partial charge in [-0.05, 0) is 37.5 Å². The molecule has 1 fully saturated rings. The van der Waals surface area contributed by atoms with Gasteiger partial charge >= 0.3 is 0 Å². The van der Waals surface area contributed by atoms with Gasteiger partial charge in [-0.15, -0.1) is 0 Å². The molecule has 27 heavy (non-hydrogen) atoms. The fourth-order valence-corrected chi connectivity index (χ4v) is 3.33. The Morgan fingerprint density at radius 2 is 2.11 bits per heavy atom. The summed E-state index contributed by atoms with van der Waals surface area (Å²) >= 11 is 0. The van der Waals surface area contributed by atoms with Gasteiger partial charge in [0.05, 0.1) is 11.5 Å². The minimum Gasteiger partial charge on any atom is -0.344 e. The fourth-order valence-electron chi connectivity index (χ4n) is 3.33. The zero-order chi connectivity index (χ0) is 19.8. The second-order valence-corrected chi connectivity index (χ2v) is 7.92. The number of benzene rings is 1. The minimum absolute atomic E-state index is 0.0433. The molecule has 1 unspecified atom stereocenters. The van der Waals surface area contributed by atoms with E-state index in [1.165, 1.54) is 12.5 Å². The summed E-state index contributed by atoms with van der Waals surface area (Å²) in [6.07, 6.45) is 0.327. The minimum atomic E-state index is -0.735. The van der Waals surface area contributed by atoms with Gasteiger partial charge in [-0.1, -0.05) is 31.1 Å². The zero-order valence-corrected chi connectivity index (χ0v) is 16.4. The lowest BCUT2D eigenvalue weighted by Crippen LogP contribution is -2.40. The van der Waals surface area contributed by atoms with E-state index in [9.17, 15) is 9.59 Å². The van der Waals surface area contributed by atoms with E-state index >= 15 is 0 Å². The third-order valence-corrected chi connectivity index (χ3v) is 4.81. The Morgan fingerprint density at radius 1 is 1.37 bits per heavy atom. The van der Waals surface area contributed by atoms with Crippen molar-refractivity contribution in [3.05, 3.63) is 41.5 Å². The van der Waals surface area contributed by atoms with Crippen molar-refractivity contribution >= 4 is 17.5 Å². The van der Waals surface area contributed by atoms with E-state index < -0.39 is 5.54 Å². The van der Waals surface area contributed by atoms with Crippen molar-refractivity contribution in [2.45, 2.75) is 58.4 Å². The van der Waals surface area contributed by atoms with Crippen LogP contribution in [0.1, 0.15) is 70.2 Å². The standard InChI is InChI=1S/C20H26N4O3/c1-12(2)14-7-6-8-16(9-14)24-11-15(10-17(24)26)18-21-19(23-27-18)20(4,5)22-13(3)25/h6-9,12,15H,10-11H2,1-5H3,(H,22,25). The van der Waals surface area contributed by atoms with Crippen LogP contribution >= 0.6 is 0 Å². The van der Waals surface area contributed by atoms with Crippen molar-refractivity contribution in [2.75, 3.05) is 11.4 Å². The van der Waals surface area contributed by atoms with Crippen molar-refractivity contribution in [1.29, 1.82) is 0 Å². The van der Waals surface area contributed by atoms with Gasteiger partial charge in [0, 0.05) is 25.6 Å². The Hall–Kier alpha value is -2.70. The molecule has 7 nitrogen and oxygen atoms in total. The van der Waals surface area contributed by atoms with E-state index in [1.54, 1.807) is 4.90 Å². The second-order valence-electron chi connectivity index (χ2n) is 7.92. The van der Waals surface area contributed by atoms with Crippen molar-refractivity contribution in [1.82, 2.24) is 15.5 Å². The number of amides is 2. The number of nitrogens with zero attached hydrogens (tertiary/aromatic N) is 3. The van der Waals surface area contributed by atoms with Crippen molar-refractivity contribution in [3.63, 3.8) is 0 Å². The molecule has 1 N–H and O–H groups in total. The Bertz CT molecular complexity index is 856. The van der Waals surface area contributed by atoms with E-state index in [4.69, 9.17) is 4.52 Å². The SMILES string of the molecule is CC(=O)NC(C)(C)c1noc(C2CC(=O)N(c3cccc(C(C)C)c3)C2)n1. The first-order valence-electron chi connectivity index (χ1n) is 9.20. The monoisotopic (exact) mass is 370 g/mol. The molecule has 1 aromatic carbocycles. The summed E-state index contributed by atoms with van der Waals surface area (Å²) in [4.78, 5) is 30.2. The molecule has 0 spiro atoms. The molecule has 1 atom stereocenters. The first-order valence-corrected chi connectivity index (χ1v) is 9.20. The van der Waals surface area contributed by atoms with Crippen LogP contribution in [0.2, 0.25) is 0 Å². The zero-order valence-electron chi connectivity index (χ0n) is 16.4. The number of hydrogen-bond donors (Lipinski definition) is 1. The molecule has 0 radical (unpaired) electrons. The Labute approximate surface area is 159 Å². The average Bonchev–Trinajstić information content (AvgIpc) is 3.21. The molecule has 0 aliphatic carbocycles. The largest absolute Gasteiger partial charge is 0.344 e. The maximum absolute atomic E-state index is 12.6. The highest BCUT2D eigenvalue weighted by atomic mass is 16.5. The summed E-state index contributed by atoms with van der Waals surface area (Å²) in [6.45, 7) is 9.83. The lowest BCUT2D eigenvalue weighted by Gasteiger charge is -2.21. The lowest BCUT2D eigenvalue weighted by molar-refractivity contribution is -0.120. The van der Waals surface area contributed by atoms with Crippen molar-refractivity contribution < 1.29 is 14.1 Å². The number of carbonyl (C=O) groups is 2. The van der Waals surface area contributed by atoms with E-state index in [2.05, 4.69) is 41.4 Å². The van der Waals surface area contributed by atoms with Crippen LogP contribution < -0.4 is 10.2 Å². The van der Waals surface area contributed by atoms with Gasteiger partial charge in [0.25, 0.3) is 0 Å². The van der Waals surface area contributed by atoms with Crippen LogP contribution in [0.5, 0.6) is 0 Å². The molecule has 0 bridgehead atoms. The van der Waals surface area contributed by atoms with Gasteiger partial charge in [0.1, 0.15) is 0 Å². The van der Waals surface area contributed by atoms with Gasteiger partial charge in [-0.2, -0.15) is 4.98 Å². The molecule has 2 amide bonds. The third kappa shape index (κ3) is 4.02. The number of carbonyl (C=O) groups excluding carboxylic acids is 2. The molecule has 7 heteroatoms. The molecule has 1 aliphatic rings. The Balaban J connectivity index is 1.78. The van der Waals surface area contributed by atoms with E-state index in [0.717, 1.165) is 5.69 Å². The normalized spacial score (nSPS) is 17.6. The first kappa shape index (κ1) is 19.1. The highest BCUT2D eigenvalue weighted by molar-refractivity contribution is 5.96. The average molecular weight is 370 g/mol. The summed E-state index contributed by atoms with van der Waals surface area (Å²) in [5, 5.41) is 6.81. The number of hydrogen-bond acceptors (Lipinski definition) is 5. The number of anilines is 1. The lowest BCUT2D eigenvalue weighted by atomic mass is 10.0. The topological polar surface area (TPSA) is 88.3 Å². The summed E-state index contributed by atoms with van der Waals surface area (Å²) in [5.74, 6) is 0.947. The van der Waals surface area contributed by atoms with Crippen LogP contribution in [0.4, 0.5) is 5.69 Å². The van der Waals surface area contributed by atoms with E-state index in [1.807, 2.05) is 26.0 Å². The first-order chi connectivity index (χ1) is 12.7. The molecule has 2 heterocycles. The van der Waals surface area contributed by atoms with Gasteiger partial charge in [-0.25, -0.2) is 0 Å². The summed E-state index contributed by atoms with van der Waals surface area (Å²) in [7, 11) is 0. The maximum atomic E-state index is 12.6. The van der Waals surface area contributed by atoms with Gasteiger partial charge in [0.2, 0.25) is 17.7 Å². The third-order valence-electron chi connectivity index (χ3n) is 4.81. The highest BCUT2D eigenvalue weighted by Crippen LogP contribution is 2.33. The van der Waals surface area contributed by atoms with Gasteiger partial charge in [0.15, 0.2) is 5.82 Å². The molecule has 1 aromatic heterocycles. The predicted molar refractivity (Wildman–Crippen MR) is 101 cm³/mol.